The second-order valence-corrected chi connectivity index (χ2v) is 4.92. The van der Waals surface area contributed by atoms with Gasteiger partial charge < -0.3 is 5.73 Å². The molecule has 1 aliphatic carbocycles. The van der Waals surface area contributed by atoms with Crippen molar-refractivity contribution < 1.29 is 0 Å². The van der Waals surface area contributed by atoms with Crippen LogP contribution in [0.25, 0.3) is 0 Å². The molecule has 1 fully saturated rings. The lowest BCUT2D eigenvalue weighted by Crippen LogP contribution is -2.23. The maximum Gasteiger partial charge on any atom is 0.0409 e. The van der Waals surface area contributed by atoms with E-state index in [1.165, 1.54) is 37.7 Å². The maximum atomic E-state index is 6.28. The fourth-order valence-electron chi connectivity index (χ4n) is 2.48. The minimum atomic E-state index is 0.170. The highest BCUT2D eigenvalue weighted by atomic mass is 35.5. The van der Waals surface area contributed by atoms with E-state index in [0.29, 0.717) is 5.92 Å². The largest absolute Gasteiger partial charge is 0.324 e. The number of hydrogen-bond donors (Lipinski definition) is 1. The second kappa shape index (κ2) is 5.00. The molecule has 82 valence electrons. The van der Waals surface area contributed by atoms with Gasteiger partial charge >= 0.3 is 0 Å². The molecule has 0 amide bonds. The van der Waals surface area contributed by atoms with Crippen LogP contribution in [0.1, 0.15) is 43.7 Å². The summed E-state index contributed by atoms with van der Waals surface area (Å²) in [6.45, 7) is 0. The molecule has 2 heteroatoms. The summed E-state index contributed by atoms with van der Waals surface area (Å²) < 4.78 is 0. The first-order chi connectivity index (χ1) is 7.27. The van der Waals surface area contributed by atoms with Gasteiger partial charge in [-0.05, 0) is 36.5 Å². The molecule has 1 nitrogen and oxygen atoms in total. The molecule has 2 N–H and O–H groups in total. The van der Waals surface area contributed by atoms with Crippen LogP contribution < -0.4 is 5.73 Å². The van der Waals surface area contributed by atoms with Crippen LogP contribution in [0.5, 0.6) is 0 Å². The number of rotatable bonds is 2. The molecule has 0 aliphatic heterocycles. The number of hydrogen-bond acceptors (Lipinski definition) is 1. The summed E-state index contributed by atoms with van der Waals surface area (Å²) >= 11 is 5.97. The predicted octanol–water partition coefficient (Wildman–Crippen LogP) is 3.92. The van der Waals surface area contributed by atoms with E-state index in [1.807, 2.05) is 18.2 Å². The van der Waals surface area contributed by atoms with E-state index in [2.05, 4.69) is 6.07 Å². The zero-order chi connectivity index (χ0) is 10.7. The fourth-order valence-corrected chi connectivity index (χ4v) is 2.68. The van der Waals surface area contributed by atoms with Crippen molar-refractivity contribution >= 4 is 11.6 Å². The molecule has 1 atom stereocenters. The van der Waals surface area contributed by atoms with Gasteiger partial charge in [-0.25, -0.2) is 0 Å². The molecular formula is C13H18ClN. The van der Waals surface area contributed by atoms with Gasteiger partial charge in [0, 0.05) is 11.1 Å². The summed E-state index contributed by atoms with van der Waals surface area (Å²) in [5, 5.41) is 0.791. The molecule has 1 aromatic carbocycles. The molecule has 0 bridgehead atoms. The van der Waals surface area contributed by atoms with Crippen molar-refractivity contribution in [3.05, 3.63) is 34.9 Å². The average Bonchev–Trinajstić information content (AvgIpc) is 2.29. The molecule has 0 saturated heterocycles. The third-order valence-corrected chi connectivity index (χ3v) is 3.63. The molecule has 1 aromatic rings. The van der Waals surface area contributed by atoms with Crippen LogP contribution in [0.3, 0.4) is 0 Å². The van der Waals surface area contributed by atoms with E-state index in [1.54, 1.807) is 0 Å². The van der Waals surface area contributed by atoms with E-state index in [4.69, 9.17) is 17.3 Å². The van der Waals surface area contributed by atoms with Gasteiger partial charge in [0.2, 0.25) is 0 Å². The zero-order valence-corrected chi connectivity index (χ0v) is 9.71. The second-order valence-electron chi connectivity index (χ2n) is 4.48. The van der Waals surface area contributed by atoms with Crippen molar-refractivity contribution in [3.63, 3.8) is 0 Å². The Hall–Kier alpha value is -0.530. The van der Waals surface area contributed by atoms with Crippen molar-refractivity contribution in [2.75, 3.05) is 0 Å². The van der Waals surface area contributed by atoms with Crippen LogP contribution in [-0.2, 0) is 0 Å². The van der Waals surface area contributed by atoms with Crippen LogP contribution in [0, 0.1) is 5.92 Å². The number of benzene rings is 1. The van der Waals surface area contributed by atoms with Crippen molar-refractivity contribution in [3.8, 4) is 0 Å². The lowest BCUT2D eigenvalue weighted by atomic mass is 9.81. The van der Waals surface area contributed by atoms with Gasteiger partial charge in [-0.1, -0.05) is 43.0 Å². The van der Waals surface area contributed by atoms with Gasteiger partial charge in [0.15, 0.2) is 0 Å². The van der Waals surface area contributed by atoms with E-state index >= 15 is 0 Å². The molecule has 2 rings (SSSR count). The average molecular weight is 224 g/mol. The number of nitrogens with two attached hydrogens (primary N) is 1. The van der Waals surface area contributed by atoms with Crippen LogP contribution in [-0.4, -0.2) is 0 Å². The SMILES string of the molecule is N[C@H](c1cccc(Cl)c1)C1CCCCC1. The third-order valence-electron chi connectivity index (χ3n) is 3.39. The standard InChI is InChI=1S/C13H18ClN/c14-12-8-4-7-11(9-12)13(15)10-5-2-1-3-6-10/h4,7-10,13H,1-3,5-6,15H2/t13-/m0/s1. The summed E-state index contributed by atoms with van der Waals surface area (Å²) in [7, 11) is 0. The van der Waals surface area contributed by atoms with Crippen molar-refractivity contribution in [2.24, 2.45) is 11.7 Å². The normalized spacial score (nSPS) is 20.1. The van der Waals surface area contributed by atoms with E-state index in [0.717, 1.165) is 5.02 Å². The van der Waals surface area contributed by atoms with Crippen LogP contribution in [0.15, 0.2) is 24.3 Å². The molecular weight excluding hydrogens is 206 g/mol. The highest BCUT2D eigenvalue weighted by molar-refractivity contribution is 6.30. The Balaban J connectivity index is 2.08. The molecule has 1 saturated carbocycles. The Labute approximate surface area is 96.6 Å². The lowest BCUT2D eigenvalue weighted by molar-refractivity contribution is 0.308. The fraction of sp³-hybridized carbons (Fsp3) is 0.538. The third kappa shape index (κ3) is 2.73. The smallest absolute Gasteiger partial charge is 0.0409 e. The molecule has 0 radical (unpaired) electrons. The van der Waals surface area contributed by atoms with Crippen LogP contribution in [0.4, 0.5) is 0 Å². The Morgan fingerprint density at radius 1 is 1.20 bits per heavy atom. The summed E-state index contributed by atoms with van der Waals surface area (Å²) in [5.41, 5.74) is 7.47. The Bertz CT molecular complexity index is 318. The number of halogens is 1. The molecule has 0 spiro atoms. The first kappa shape index (κ1) is 11.0. The molecule has 0 heterocycles. The van der Waals surface area contributed by atoms with Gasteiger partial charge in [-0.2, -0.15) is 0 Å². The van der Waals surface area contributed by atoms with E-state index in [-0.39, 0.29) is 6.04 Å². The van der Waals surface area contributed by atoms with Gasteiger partial charge in [-0.3, -0.25) is 0 Å². The minimum absolute atomic E-state index is 0.170. The van der Waals surface area contributed by atoms with Crippen LogP contribution in [0.2, 0.25) is 5.02 Å². The molecule has 0 unspecified atom stereocenters. The topological polar surface area (TPSA) is 26.0 Å². The highest BCUT2D eigenvalue weighted by Gasteiger charge is 2.21. The first-order valence-corrected chi connectivity index (χ1v) is 6.16. The molecule has 0 aromatic heterocycles. The highest BCUT2D eigenvalue weighted by Crippen LogP contribution is 2.33. The first-order valence-electron chi connectivity index (χ1n) is 5.78. The maximum absolute atomic E-state index is 6.28. The minimum Gasteiger partial charge on any atom is -0.324 e. The van der Waals surface area contributed by atoms with Crippen molar-refractivity contribution in [2.45, 2.75) is 38.1 Å². The van der Waals surface area contributed by atoms with Crippen molar-refractivity contribution in [1.82, 2.24) is 0 Å². The van der Waals surface area contributed by atoms with Gasteiger partial charge in [0.05, 0.1) is 0 Å². The Kier molecular flexibility index (Phi) is 3.66. The monoisotopic (exact) mass is 223 g/mol. The predicted molar refractivity (Wildman–Crippen MR) is 65.0 cm³/mol. The van der Waals surface area contributed by atoms with Gasteiger partial charge in [0.25, 0.3) is 0 Å². The Morgan fingerprint density at radius 3 is 2.60 bits per heavy atom. The van der Waals surface area contributed by atoms with E-state index in [9.17, 15) is 0 Å². The summed E-state index contributed by atoms with van der Waals surface area (Å²) in [6, 6.07) is 8.15. The summed E-state index contributed by atoms with van der Waals surface area (Å²) in [6.07, 6.45) is 6.58. The Morgan fingerprint density at radius 2 is 1.93 bits per heavy atom. The zero-order valence-electron chi connectivity index (χ0n) is 8.95. The van der Waals surface area contributed by atoms with Crippen molar-refractivity contribution in [1.29, 1.82) is 0 Å². The molecule has 15 heavy (non-hydrogen) atoms. The van der Waals surface area contributed by atoms with Gasteiger partial charge in [-0.15, -0.1) is 0 Å². The molecule has 1 aliphatic rings. The quantitative estimate of drug-likeness (QED) is 0.808. The summed E-state index contributed by atoms with van der Waals surface area (Å²) in [5.74, 6) is 0.650. The summed E-state index contributed by atoms with van der Waals surface area (Å²) in [4.78, 5) is 0. The van der Waals surface area contributed by atoms with Crippen LogP contribution >= 0.6 is 11.6 Å². The lowest BCUT2D eigenvalue weighted by Gasteiger charge is -2.27. The van der Waals surface area contributed by atoms with Gasteiger partial charge in [0.1, 0.15) is 0 Å². The van der Waals surface area contributed by atoms with E-state index < -0.39 is 0 Å².